The van der Waals surface area contributed by atoms with Crippen LogP contribution in [-0.2, 0) is 30.8 Å². The van der Waals surface area contributed by atoms with E-state index in [2.05, 4.69) is 30.1 Å². The van der Waals surface area contributed by atoms with Crippen LogP contribution >= 0.6 is 0 Å². The average molecular weight is 445 g/mol. The van der Waals surface area contributed by atoms with E-state index in [0.29, 0.717) is 18.8 Å². The van der Waals surface area contributed by atoms with Crippen molar-refractivity contribution < 1.29 is 13.9 Å². The number of nitriles is 1. The summed E-state index contributed by atoms with van der Waals surface area (Å²) in [5, 5.41) is 10.0. The molecule has 0 unspecified atom stereocenters. The van der Waals surface area contributed by atoms with Gasteiger partial charge in [-0.3, -0.25) is 0 Å². The first kappa shape index (κ1) is 23.0. The Bertz CT molecular complexity index is 1150. The van der Waals surface area contributed by atoms with Crippen molar-refractivity contribution in [1.29, 1.82) is 5.26 Å². The molecule has 1 heterocycles. The minimum atomic E-state index is -0.279. The van der Waals surface area contributed by atoms with E-state index in [9.17, 15) is 9.65 Å². The zero-order valence-electron chi connectivity index (χ0n) is 19.2. The SMILES string of the molecule is COc1cccc(CCN(C)CCCc2c(C#N)c(-c3ccc(F)cc3)cc3c2COC3)c1. The molecule has 3 aromatic rings. The number of halogens is 1. The molecule has 0 bridgehead atoms. The highest BCUT2D eigenvalue weighted by Crippen LogP contribution is 2.35. The minimum absolute atomic E-state index is 0.279. The Labute approximate surface area is 195 Å². The number of likely N-dealkylation sites (N-methyl/N-ethyl adjacent to an activating group) is 1. The third-order valence-electron chi connectivity index (χ3n) is 6.30. The number of fused-ring (bicyclic) bond motifs is 1. The van der Waals surface area contributed by atoms with Gasteiger partial charge >= 0.3 is 0 Å². The first-order valence-corrected chi connectivity index (χ1v) is 11.3. The van der Waals surface area contributed by atoms with Crippen molar-refractivity contribution in [1.82, 2.24) is 4.90 Å². The third kappa shape index (κ3) is 5.42. The van der Waals surface area contributed by atoms with Crippen molar-refractivity contribution in [2.75, 3.05) is 27.2 Å². The molecular formula is C28H29FN2O2. The Morgan fingerprint density at radius 2 is 1.88 bits per heavy atom. The maximum Gasteiger partial charge on any atom is 0.123 e. The molecule has 3 aromatic carbocycles. The summed E-state index contributed by atoms with van der Waals surface area (Å²) < 4.78 is 24.5. The Morgan fingerprint density at radius 3 is 2.64 bits per heavy atom. The maximum absolute atomic E-state index is 13.4. The summed E-state index contributed by atoms with van der Waals surface area (Å²) in [7, 11) is 3.82. The van der Waals surface area contributed by atoms with E-state index in [4.69, 9.17) is 9.47 Å². The standard InChI is InChI=1S/C28H29FN2O2/c1-31(14-12-20-5-3-6-24(15-20)32-2)13-4-7-25-27(17-30)26(16-22-18-33-19-28(22)25)21-8-10-23(29)11-9-21/h3,5-6,8-11,15-16H,4,7,12-14,18-19H2,1-2H3. The molecule has 0 aliphatic carbocycles. The van der Waals surface area contributed by atoms with E-state index in [1.807, 2.05) is 18.2 Å². The molecule has 0 N–H and O–H groups in total. The molecular weight excluding hydrogens is 415 g/mol. The second-order valence-electron chi connectivity index (χ2n) is 8.54. The van der Waals surface area contributed by atoms with Crippen molar-refractivity contribution >= 4 is 0 Å². The lowest BCUT2D eigenvalue weighted by Crippen LogP contribution is -2.23. The summed E-state index contributed by atoms with van der Waals surface area (Å²) in [6, 6.07) is 19.0. The summed E-state index contributed by atoms with van der Waals surface area (Å²) in [5.74, 6) is 0.607. The number of hydrogen-bond acceptors (Lipinski definition) is 4. The maximum atomic E-state index is 13.4. The van der Waals surface area contributed by atoms with Gasteiger partial charge in [0, 0.05) is 12.1 Å². The number of hydrogen-bond donors (Lipinski definition) is 0. The van der Waals surface area contributed by atoms with Gasteiger partial charge in [0.2, 0.25) is 0 Å². The second kappa shape index (κ2) is 10.6. The highest BCUT2D eigenvalue weighted by molar-refractivity contribution is 5.74. The topological polar surface area (TPSA) is 45.5 Å². The van der Waals surface area contributed by atoms with Crippen LogP contribution < -0.4 is 4.74 Å². The van der Waals surface area contributed by atoms with E-state index in [1.165, 1.54) is 17.7 Å². The Balaban J connectivity index is 1.45. The molecule has 33 heavy (non-hydrogen) atoms. The highest BCUT2D eigenvalue weighted by Gasteiger charge is 2.22. The first-order valence-electron chi connectivity index (χ1n) is 11.3. The molecule has 5 heteroatoms. The Morgan fingerprint density at radius 1 is 1.06 bits per heavy atom. The summed E-state index contributed by atoms with van der Waals surface area (Å²) in [4.78, 5) is 2.33. The summed E-state index contributed by atoms with van der Waals surface area (Å²) >= 11 is 0. The zero-order valence-corrected chi connectivity index (χ0v) is 19.2. The molecule has 1 aliphatic rings. The van der Waals surface area contributed by atoms with Gasteiger partial charge < -0.3 is 14.4 Å². The van der Waals surface area contributed by atoms with E-state index in [1.54, 1.807) is 19.2 Å². The fourth-order valence-electron chi connectivity index (χ4n) is 4.46. The largest absolute Gasteiger partial charge is 0.497 e. The molecule has 0 spiro atoms. The van der Waals surface area contributed by atoms with Crippen LogP contribution in [0.2, 0.25) is 0 Å². The molecule has 170 valence electrons. The number of ether oxygens (including phenoxy) is 2. The predicted octanol–water partition coefficient (Wildman–Crippen LogP) is 5.51. The van der Waals surface area contributed by atoms with E-state index in [0.717, 1.165) is 65.9 Å². The van der Waals surface area contributed by atoms with Crippen molar-refractivity contribution in [3.63, 3.8) is 0 Å². The smallest absolute Gasteiger partial charge is 0.123 e. The molecule has 0 saturated heterocycles. The molecule has 0 fully saturated rings. The fraction of sp³-hybridized carbons (Fsp3) is 0.321. The van der Waals surface area contributed by atoms with Crippen LogP contribution in [0.1, 0.15) is 34.2 Å². The highest BCUT2D eigenvalue weighted by atomic mass is 19.1. The van der Waals surface area contributed by atoms with Crippen LogP contribution in [0.25, 0.3) is 11.1 Å². The van der Waals surface area contributed by atoms with Crippen molar-refractivity contribution in [3.8, 4) is 22.9 Å². The van der Waals surface area contributed by atoms with Crippen LogP contribution in [-0.4, -0.2) is 32.1 Å². The number of methoxy groups -OCH3 is 1. The van der Waals surface area contributed by atoms with Crippen LogP contribution in [0.15, 0.2) is 54.6 Å². The van der Waals surface area contributed by atoms with Crippen LogP contribution in [0.4, 0.5) is 4.39 Å². The lowest BCUT2D eigenvalue weighted by molar-refractivity contribution is 0.134. The third-order valence-corrected chi connectivity index (χ3v) is 6.30. The lowest BCUT2D eigenvalue weighted by atomic mass is 9.88. The van der Waals surface area contributed by atoms with Gasteiger partial charge in [0.15, 0.2) is 0 Å². The molecule has 4 rings (SSSR count). The monoisotopic (exact) mass is 444 g/mol. The molecule has 0 atom stereocenters. The normalized spacial score (nSPS) is 12.6. The van der Waals surface area contributed by atoms with Gasteiger partial charge in [-0.1, -0.05) is 24.3 Å². The van der Waals surface area contributed by atoms with Gasteiger partial charge in [0.25, 0.3) is 0 Å². The minimum Gasteiger partial charge on any atom is -0.497 e. The van der Waals surface area contributed by atoms with Gasteiger partial charge in [-0.15, -0.1) is 0 Å². The summed E-state index contributed by atoms with van der Waals surface area (Å²) in [5.41, 5.74) is 7.03. The quantitative estimate of drug-likeness (QED) is 0.437. The lowest BCUT2D eigenvalue weighted by Gasteiger charge is -2.19. The average Bonchev–Trinajstić information content (AvgIpc) is 3.31. The molecule has 0 amide bonds. The molecule has 4 nitrogen and oxygen atoms in total. The Kier molecular flexibility index (Phi) is 7.39. The fourth-order valence-corrected chi connectivity index (χ4v) is 4.46. The number of nitrogens with zero attached hydrogens (tertiary/aromatic N) is 2. The summed E-state index contributed by atoms with van der Waals surface area (Å²) in [6.07, 6.45) is 2.72. The van der Waals surface area contributed by atoms with Gasteiger partial charge in [-0.05, 0) is 91.0 Å². The van der Waals surface area contributed by atoms with Gasteiger partial charge in [0.05, 0.1) is 25.9 Å². The first-order chi connectivity index (χ1) is 16.1. The van der Waals surface area contributed by atoms with E-state index >= 15 is 0 Å². The number of benzene rings is 3. The van der Waals surface area contributed by atoms with Crippen LogP contribution in [0.3, 0.4) is 0 Å². The molecule has 1 aliphatic heterocycles. The molecule has 0 saturated carbocycles. The van der Waals surface area contributed by atoms with Crippen LogP contribution in [0, 0.1) is 17.1 Å². The molecule has 0 radical (unpaired) electrons. The van der Waals surface area contributed by atoms with Crippen molar-refractivity contribution in [2.45, 2.75) is 32.5 Å². The number of rotatable bonds is 9. The van der Waals surface area contributed by atoms with Gasteiger partial charge in [-0.2, -0.15) is 5.26 Å². The molecule has 0 aromatic heterocycles. The predicted molar refractivity (Wildman–Crippen MR) is 128 cm³/mol. The second-order valence-corrected chi connectivity index (χ2v) is 8.54. The van der Waals surface area contributed by atoms with E-state index in [-0.39, 0.29) is 5.82 Å². The Hall–Kier alpha value is -3.20. The van der Waals surface area contributed by atoms with Gasteiger partial charge in [0.1, 0.15) is 17.6 Å². The van der Waals surface area contributed by atoms with Crippen molar-refractivity contribution in [3.05, 3.63) is 88.2 Å². The van der Waals surface area contributed by atoms with Crippen molar-refractivity contribution in [2.24, 2.45) is 0 Å². The van der Waals surface area contributed by atoms with E-state index < -0.39 is 0 Å². The summed E-state index contributed by atoms with van der Waals surface area (Å²) in [6.45, 7) is 3.00. The zero-order chi connectivity index (χ0) is 23.2. The van der Waals surface area contributed by atoms with Crippen LogP contribution in [0.5, 0.6) is 5.75 Å². The van der Waals surface area contributed by atoms with Gasteiger partial charge in [-0.25, -0.2) is 4.39 Å².